The van der Waals surface area contributed by atoms with E-state index in [4.69, 9.17) is 9.15 Å². The lowest BCUT2D eigenvalue weighted by atomic mass is 10.0. The van der Waals surface area contributed by atoms with Crippen molar-refractivity contribution in [2.75, 3.05) is 20.2 Å². The number of nitrogens with zero attached hydrogens (tertiary/aromatic N) is 2. The second kappa shape index (κ2) is 11.6. The zero-order valence-electron chi connectivity index (χ0n) is 21.3. The number of hydrogen-bond acceptors (Lipinski definition) is 9. The van der Waals surface area contributed by atoms with Gasteiger partial charge in [0.2, 0.25) is 10.2 Å². The van der Waals surface area contributed by atoms with Gasteiger partial charge in [-0.2, -0.15) is 4.31 Å². The maximum absolute atomic E-state index is 13.2. The molecular weight excluding hydrogens is 532 g/mol. The lowest BCUT2D eigenvalue weighted by molar-refractivity contribution is -0.129. The molecule has 2 amide bonds. The van der Waals surface area contributed by atoms with Gasteiger partial charge >= 0.3 is 0 Å². The third kappa shape index (κ3) is 6.05. The van der Waals surface area contributed by atoms with E-state index in [2.05, 4.69) is 15.6 Å². The van der Waals surface area contributed by atoms with Crippen LogP contribution in [0.15, 0.2) is 44.6 Å². The normalized spacial score (nSPS) is 17.8. The third-order valence-electron chi connectivity index (χ3n) is 6.19. The van der Waals surface area contributed by atoms with Gasteiger partial charge in [-0.3, -0.25) is 14.4 Å². The first-order valence-corrected chi connectivity index (χ1v) is 14.5. The number of rotatable bonds is 9. The van der Waals surface area contributed by atoms with E-state index >= 15 is 0 Å². The van der Waals surface area contributed by atoms with Crippen LogP contribution in [0.4, 0.5) is 0 Å². The van der Waals surface area contributed by atoms with Crippen LogP contribution in [0, 0.1) is 5.92 Å². The second-order valence-corrected chi connectivity index (χ2v) is 12.5. The minimum Gasteiger partial charge on any atom is -0.493 e. The number of amides is 2. The fourth-order valence-electron chi connectivity index (χ4n) is 4.32. The number of thiazole rings is 1. The molecule has 11 nitrogen and oxygen atoms in total. The highest BCUT2D eigenvalue weighted by Gasteiger charge is 2.35. The Balaban J connectivity index is 1.45. The van der Waals surface area contributed by atoms with E-state index < -0.39 is 39.7 Å². The molecule has 1 aliphatic heterocycles. The van der Waals surface area contributed by atoms with Gasteiger partial charge in [0.05, 0.1) is 19.7 Å². The summed E-state index contributed by atoms with van der Waals surface area (Å²) in [5.41, 5.74) is 0.423. The standard InChI is InChI=1S/C25H30N4O7S2/c1-15(2)12-18(28-24(32)21-13-16-6-4-8-20(35-3)22(16)36-21)23(31)27-17-7-5-10-29(14-19(17)30)38(33,34)25-26-9-11-37-25/h4,6,8-9,11,13,15,17-18H,5,7,10,12,14H2,1-3H3,(H,27,31)(H,28,32)/t17-,18-/m0/s1. The van der Waals surface area contributed by atoms with Crippen LogP contribution < -0.4 is 15.4 Å². The van der Waals surface area contributed by atoms with Crippen molar-refractivity contribution in [1.29, 1.82) is 0 Å². The molecule has 1 aromatic carbocycles. The fourth-order valence-corrected chi connectivity index (χ4v) is 6.73. The summed E-state index contributed by atoms with van der Waals surface area (Å²) in [7, 11) is -2.39. The molecule has 0 saturated carbocycles. The Bertz CT molecular complexity index is 1420. The number of aromatic nitrogens is 1. The van der Waals surface area contributed by atoms with Gasteiger partial charge in [-0.15, -0.1) is 11.3 Å². The van der Waals surface area contributed by atoms with Gasteiger partial charge < -0.3 is 19.8 Å². The van der Waals surface area contributed by atoms with Crippen LogP contribution in [-0.2, 0) is 19.6 Å². The Morgan fingerprint density at radius 2 is 2.11 bits per heavy atom. The maximum atomic E-state index is 13.2. The minimum absolute atomic E-state index is 0.0274. The average Bonchev–Trinajstić information content (AvgIpc) is 3.53. The predicted molar refractivity (Wildman–Crippen MR) is 141 cm³/mol. The van der Waals surface area contributed by atoms with Gasteiger partial charge in [0.1, 0.15) is 6.04 Å². The lowest BCUT2D eigenvalue weighted by Crippen LogP contribution is -2.52. The van der Waals surface area contributed by atoms with E-state index in [1.807, 2.05) is 13.8 Å². The van der Waals surface area contributed by atoms with Gasteiger partial charge in [0, 0.05) is 23.5 Å². The van der Waals surface area contributed by atoms with Gasteiger partial charge in [0.15, 0.2) is 22.9 Å². The molecule has 204 valence electrons. The van der Waals surface area contributed by atoms with Gasteiger partial charge in [-0.25, -0.2) is 13.4 Å². The number of para-hydroxylation sites is 1. The maximum Gasteiger partial charge on any atom is 0.287 e. The quantitative estimate of drug-likeness (QED) is 0.404. The summed E-state index contributed by atoms with van der Waals surface area (Å²) >= 11 is 0.983. The van der Waals surface area contributed by atoms with Crippen molar-refractivity contribution in [3.05, 3.63) is 41.6 Å². The smallest absolute Gasteiger partial charge is 0.287 e. The molecule has 1 saturated heterocycles. The summed E-state index contributed by atoms with van der Waals surface area (Å²) in [6.45, 7) is 3.60. The largest absolute Gasteiger partial charge is 0.493 e. The number of ether oxygens (including phenoxy) is 1. The molecule has 3 heterocycles. The number of fused-ring (bicyclic) bond motifs is 1. The summed E-state index contributed by atoms with van der Waals surface area (Å²) in [6.07, 6.45) is 2.38. The van der Waals surface area contributed by atoms with Gasteiger partial charge in [-0.05, 0) is 37.3 Å². The highest BCUT2D eigenvalue weighted by molar-refractivity contribution is 7.91. The van der Waals surface area contributed by atoms with E-state index in [1.54, 1.807) is 29.6 Å². The fraction of sp³-hybridized carbons (Fsp3) is 0.440. The zero-order chi connectivity index (χ0) is 27.4. The molecule has 38 heavy (non-hydrogen) atoms. The van der Waals surface area contributed by atoms with Crippen LogP contribution in [-0.4, -0.2) is 67.6 Å². The molecule has 0 radical (unpaired) electrons. The summed E-state index contributed by atoms with van der Waals surface area (Å²) in [5, 5.41) is 7.70. The van der Waals surface area contributed by atoms with Crippen molar-refractivity contribution in [1.82, 2.24) is 19.9 Å². The molecular formula is C25H30N4O7S2. The van der Waals surface area contributed by atoms with Gasteiger partial charge in [0.25, 0.3) is 15.9 Å². The van der Waals surface area contributed by atoms with Crippen LogP contribution in [0.25, 0.3) is 11.0 Å². The van der Waals surface area contributed by atoms with Crippen molar-refractivity contribution in [2.45, 2.75) is 49.5 Å². The van der Waals surface area contributed by atoms with Crippen LogP contribution >= 0.6 is 11.3 Å². The van der Waals surface area contributed by atoms with Crippen molar-refractivity contribution in [3.63, 3.8) is 0 Å². The Hall–Kier alpha value is -3.29. The SMILES string of the molecule is COc1cccc2cc(C(=O)N[C@@H](CC(C)C)C(=O)N[C@H]3CCCN(S(=O)(=O)c4nccs4)CC3=O)oc12. The summed E-state index contributed by atoms with van der Waals surface area (Å²) < 4.78 is 37.7. The summed E-state index contributed by atoms with van der Waals surface area (Å²) in [5.74, 6) is -0.941. The molecule has 1 aliphatic rings. The van der Waals surface area contributed by atoms with Gasteiger partial charge in [-0.1, -0.05) is 26.0 Å². The number of methoxy groups -OCH3 is 1. The Kier molecular flexibility index (Phi) is 8.48. The number of sulfonamides is 1. The third-order valence-corrected chi connectivity index (χ3v) is 9.21. The molecule has 2 N–H and O–H groups in total. The number of benzene rings is 1. The number of carbonyl (C=O) groups is 3. The first-order valence-electron chi connectivity index (χ1n) is 12.2. The van der Waals surface area contributed by atoms with Crippen LogP contribution in [0.1, 0.15) is 43.7 Å². The van der Waals surface area contributed by atoms with Crippen LogP contribution in [0.3, 0.4) is 0 Å². The topological polar surface area (TPSA) is 148 Å². The monoisotopic (exact) mass is 562 g/mol. The number of furan rings is 1. The molecule has 1 fully saturated rings. The van der Waals surface area contributed by atoms with E-state index in [9.17, 15) is 22.8 Å². The van der Waals surface area contributed by atoms with E-state index in [0.29, 0.717) is 29.6 Å². The number of carbonyl (C=O) groups excluding carboxylic acids is 3. The minimum atomic E-state index is -3.89. The van der Waals surface area contributed by atoms with Crippen molar-refractivity contribution in [2.24, 2.45) is 5.92 Å². The van der Waals surface area contributed by atoms with Crippen molar-refractivity contribution in [3.8, 4) is 5.75 Å². The average molecular weight is 563 g/mol. The molecule has 3 aromatic rings. The van der Waals surface area contributed by atoms with Crippen molar-refractivity contribution < 1.29 is 32.0 Å². The molecule has 0 spiro atoms. The molecule has 2 atom stereocenters. The number of Topliss-reactive ketones (excluding diaryl/α,β-unsaturated/α-hetero) is 1. The lowest BCUT2D eigenvalue weighted by Gasteiger charge is -2.23. The van der Waals surface area contributed by atoms with E-state index in [0.717, 1.165) is 15.6 Å². The van der Waals surface area contributed by atoms with E-state index in [1.165, 1.54) is 13.3 Å². The van der Waals surface area contributed by atoms with E-state index in [-0.39, 0.29) is 35.5 Å². The predicted octanol–water partition coefficient (Wildman–Crippen LogP) is 2.58. The molecule has 13 heteroatoms. The summed E-state index contributed by atoms with van der Waals surface area (Å²) in [4.78, 5) is 43.1. The Morgan fingerprint density at radius 3 is 2.79 bits per heavy atom. The Morgan fingerprint density at radius 1 is 1.32 bits per heavy atom. The molecule has 0 bridgehead atoms. The van der Waals surface area contributed by atoms with Crippen LogP contribution in [0.5, 0.6) is 5.75 Å². The zero-order valence-corrected chi connectivity index (χ0v) is 22.9. The molecule has 2 aromatic heterocycles. The molecule has 4 rings (SSSR count). The van der Waals surface area contributed by atoms with Crippen molar-refractivity contribution >= 4 is 49.9 Å². The first kappa shape index (κ1) is 27.7. The highest BCUT2D eigenvalue weighted by Crippen LogP contribution is 2.28. The molecule has 0 unspecified atom stereocenters. The number of ketones is 1. The number of nitrogens with one attached hydrogen (secondary N) is 2. The van der Waals surface area contributed by atoms with Crippen LogP contribution in [0.2, 0.25) is 0 Å². The second-order valence-electron chi connectivity index (χ2n) is 9.45. The highest BCUT2D eigenvalue weighted by atomic mass is 32.2. The molecule has 0 aliphatic carbocycles. The summed E-state index contributed by atoms with van der Waals surface area (Å²) in [6, 6.07) is 5.05. The first-order chi connectivity index (χ1) is 18.1. The number of hydrogen-bond donors (Lipinski definition) is 2. The Labute approximate surface area is 224 Å².